The Morgan fingerprint density at radius 1 is 1.05 bits per heavy atom. The standard InChI is InChI=1S/C15H26N2O3/c1-14(2)8-6-7-11(14)16-13(20)17-15(12(18)19)9-4-3-5-10-15/h11H,3-10H2,1-2H3,(H,18,19)(H2,16,17,20). The van der Waals surface area contributed by atoms with E-state index in [1.165, 1.54) is 0 Å². The quantitative estimate of drug-likeness (QED) is 0.744. The molecule has 0 aromatic carbocycles. The monoisotopic (exact) mass is 282 g/mol. The van der Waals surface area contributed by atoms with E-state index in [4.69, 9.17) is 0 Å². The number of hydrogen-bond donors (Lipinski definition) is 3. The number of rotatable bonds is 3. The summed E-state index contributed by atoms with van der Waals surface area (Å²) in [4.78, 5) is 23.7. The second-order valence-corrected chi connectivity index (χ2v) is 6.98. The van der Waals surface area contributed by atoms with Crippen molar-refractivity contribution in [2.24, 2.45) is 5.41 Å². The molecule has 0 bridgehead atoms. The van der Waals surface area contributed by atoms with E-state index >= 15 is 0 Å². The zero-order valence-corrected chi connectivity index (χ0v) is 12.5. The van der Waals surface area contributed by atoms with Crippen molar-refractivity contribution in [2.45, 2.75) is 76.8 Å². The fraction of sp³-hybridized carbons (Fsp3) is 0.867. The minimum Gasteiger partial charge on any atom is -0.480 e. The van der Waals surface area contributed by atoms with E-state index in [9.17, 15) is 14.7 Å². The molecule has 5 nitrogen and oxygen atoms in total. The normalized spacial score (nSPS) is 27.8. The molecule has 2 amide bonds. The summed E-state index contributed by atoms with van der Waals surface area (Å²) in [5.41, 5.74) is -0.967. The van der Waals surface area contributed by atoms with Crippen LogP contribution in [0, 0.1) is 5.41 Å². The van der Waals surface area contributed by atoms with Gasteiger partial charge in [-0.25, -0.2) is 9.59 Å². The molecule has 20 heavy (non-hydrogen) atoms. The van der Waals surface area contributed by atoms with Gasteiger partial charge in [0.25, 0.3) is 0 Å². The Bertz CT molecular complexity index is 387. The summed E-state index contributed by atoms with van der Waals surface area (Å²) in [6.07, 6.45) is 7.02. The molecule has 0 aliphatic heterocycles. The van der Waals surface area contributed by atoms with Gasteiger partial charge in [0.15, 0.2) is 0 Å². The van der Waals surface area contributed by atoms with Crippen molar-refractivity contribution < 1.29 is 14.7 Å². The molecule has 3 N–H and O–H groups in total. The van der Waals surface area contributed by atoms with Gasteiger partial charge in [0, 0.05) is 6.04 Å². The van der Waals surface area contributed by atoms with E-state index in [1.54, 1.807) is 0 Å². The van der Waals surface area contributed by atoms with Crippen LogP contribution in [0.5, 0.6) is 0 Å². The zero-order valence-electron chi connectivity index (χ0n) is 12.5. The maximum absolute atomic E-state index is 12.2. The Balaban J connectivity index is 1.97. The minimum atomic E-state index is -1.06. The lowest BCUT2D eigenvalue weighted by Gasteiger charge is -2.35. The molecule has 5 heteroatoms. The van der Waals surface area contributed by atoms with E-state index < -0.39 is 11.5 Å². The van der Waals surface area contributed by atoms with Gasteiger partial charge in [0.05, 0.1) is 0 Å². The second kappa shape index (κ2) is 5.62. The zero-order chi connectivity index (χ0) is 14.8. The van der Waals surface area contributed by atoms with Crippen LogP contribution in [0.3, 0.4) is 0 Å². The molecule has 2 aliphatic rings. The number of carbonyl (C=O) groups is 2. The summed E-state index contributed by atoms with van der Waals surface area (Å²) in [6, 6.07) is -0.189. The van der Waals surface area contributed by atoms with Crippen molar-refractivity contribution in [3.8, 4) is 0 Å². The van der Waals surface area contributed by atoms with Gasteiger partial charge in [-0.3, -0.25) is 0 Å². The summed E-state index contributed by atoms with van der Waals surface area (Å²) in [5, 5.41) is 15.2. The van der Waals surface area contributed by atoms with E-state index in [0.29, 0.717) is 12.8 Å². The van der Waals surface area contributed by atoms with Crippen LogP contribution in [0.4, 0.5) is 4.79 Å². The second-order valence-electron chi connectivity index (χ2n) is 6.98. The number of carboxylic acid groups (broad SMARTS) is 1. The third-order valence-corrected chi connectivity index (χ3v) is 5.03. The fourth-order valence-electron chi connectivity index (χ4n) is 3.55. The summed E-state index contributed by atoms with van der Waals surface area (Å²) in [5.74, 6) is -0.905. The third kappa shape index (κ3) is 3.07. The van der Waals surface area contributed by atoms with Gasteiger partial charge in [-0.15, -0.1) is 0 Å². The van der Waals surface area contributed by atoms with Crippen LogP contribution in [0.25, 0.3) is 0 Å². The largest absolute Gasteiger partial charge is 0.480 e. The summed E-state index contributed by atoms with van der Waals surface area (Å²) in [7, 11) is 0. The molecule has 0 aromatic heterocycles. The number of urea groups is 1. The van der Waals surface area contributed by atoms with Crippen molar-refractivity contribution in [3.05, 3.63) is 0 Å². The highest BCUT2D eigenvalue weighted by Crippen LogP contribution is 2.37. The maximum atomic E-state index is 12.2. The van der Waals surface area contributed by atoms with Crippen LogP contribution in [-0.4, -0.2) is 28.7 Å². The van der Waals surface area contributed by atoms with Crippen molar-refractivity contribution in [2.75, 3.05) is 0 Å². The maximum Gasteiger partial charge on any atom is 0.329 e. The van der Waals surface area contributed by atoms with Gasteiger partial charge < -0.3 is 15.7 Å². The molecular formula is C15H26N2O3. The molecule has 2 aliphatic carbocycles. The Kier molecular flexibility index (Phi) is 4.25. The number of nitrogens with one attached hydrogen (secondary N) is 2. The van der Waals surface area contributed by atoms with Crippen molar-refractivity contribution in [1.29, 1.82) is 0 Å². The first-order valence-electron chi connectivity index (χ1n) is 7.68. The molecular weight excluding hydrogens is 256 g/mol. The van der Waals surface area contributed by atoms with Gasteiger partial charge in [-0.2, -0.15) is 0 Å². The Hall–Kier alpha value is -1.26. The first-order valence-corrected chi connectivity index (χ1v) is 7.68. The summed E-state index contributed by atoms with van der Waals surface area (Å²) in [6.45, 7) is 4.30. The Morgan fingerprint density at radius 2 is 1.70 bits per heavy atom. The highest BCUT2D eigenvalue weighted by atomic mass is 16.4. The number of carbonyl (C=O) groups excluding carboxylic acids is 1. The number of amides is 2. The predicted octanol–water partition coefficient (Wildman–Crippen LogP) is 2.65. The molecule has 0 aromatic rings. The van der Waals surface area contributed by atoms with Crippen LogP contribution in [0.15, 0.2) is 0 Å². The van der Waals surface area contributed by atoms with Crippen LogP contribution in [0.2, 0.25) is 0 Å². The summed E-state index contributed by atoms with van der Waals surface area (Å²) >= 11 is 0. The number of hydrogen-bond acceptors (Lipinski definition) is 2. The first kappa shape index (κ1) is 15.1. The predicted molar refractivity (Wildman–Crippen MR) is 76.5 cm³/mol. The Morgan fingerprint density at radius 3 is 2.20 bits per heavy atom. The van der Waals surface area contributed by atoms with Crippen LogP contribution in [0.1, 0.15) is 65.2 Å². The van der Waals surface area contributed by atoms with E-state index in [2.05, 4.69) is 24.5 Å². The lowest BCUT2D eigenvalue weighted by Crippen LogP contribution is -2.59. The molecule has 1 unspecified atom stereocenters. The van der Waals surface area contributed by atoms with Crippen molar-refractivity contribution in [1.82, 2.24) is 10.6 Å². The molecule has 1 atom stereocenters. The molecule has 2 saturated carbocycles. The number of aliphatic carboxylic acids is 1. The smallest absolute Gasteiger partial charge is 0.329 e. The highest BCUT2D eigenvalue weighted by Gasteiger charge is 2.42. The minimum absolute atomic E-state index is 0.0975. The molecule has 0 saturated heterocycles. The first-order chi connectivity index (χ1) is 9.36. The molecule has 2 rings (SSSR count). The van der Waals surface area contributed by atoms with Gasteiger partial charge in [-0.05, 0) is 31.1 Å². The summed E-state index contributed by atoms with van der Waals surface area (Å²) < 4.78 is 0. The average molecular weight is 282 g/mol. The lowest BCUT2D eigenvalue weighted by atomic mass is 9.81. The van der Waals surface area contributed by atoms with Gasteiger partial charge >= 0.3 is 12.0 Å². The lowest BCUT2D eigenvalue weighted by molar-refractivity contribution is -0.145. The molecule has 114 valence electrons. The Labute approximate surface area is 120 Å². The SMILES string of the molecule is CC1(C)CCCC1NC(=O)NC1(C(=O)O)CCCCC1. The molecule has 0 radical (unpaired) electrons. The number of carboxylic acids is 1. The van der Waals surface area contributed by atoms with Crippen LogP contribution < -0.4 is 10.6 Å². The van der Waals surface area contributed by atoms with E-state index in [-0.39, 0.29) is 17.5 Å². The van der Waals surface area contributed by atoms with Crippen molar-refractivity contribution in [3.63, 3.8) is 0 Å². The third-order valence-electron chi connectivity index (χ3n) is 5.03. The molecule has 0 spiro atoms. The molecule has 2 fully saturated rings. The van der Waals surface area contributed by atoms with Crippen LogP contribution in [-0.2, 0) is 4.79 Å². The van der Waals surface area contributed by atoms with Gasteiger partial charge in [0.2, 0.25) is 0 Å². The highest BCUT2D eigenvalue weighted by molar-refractivity contribution is 5.86. The average Bonchev–Trinajstić information content (AvgIpc) is 2.69. The van der Waals surface area contributed by atoms with E-state index in [1.807, 2.05) is 0 Å². The topological polar surface area (TPSA) is 78.4 Å². The fourth-order valence-corrected chi connectivity index (χ4v) is 3.55. The van der Waals surface area contributed by atoms with Crippen molar-refractivity contribution >= 4 is 12.0 Å². The van der Waals surface area contributed by atoms with Crippen LogP contribution >= 0.6 is 0 Å². The van der Waals surface area contributed by atoms with Gasteiger partial charge in [0.1, 0.15) is 5.54 Å². The molecule has 0 heterocycles. The van der Waals surface area contributed by atoms with Gasteiger partial charge in [-0.1, -0.05) is 39.5 Å². The van der Waals surface area contributed by atoms with E-state index in [0.717, 1.165) is 38.5 Å².